The number of aliphatic hydroxyl groups is 1. The Morgan fingerprint density at radius 1 is 1.31 bits per heavy atom. The molecule has 0 bridgehead atoms. The first-order valence-electron chi connectivity index (χ1n) is 10.8. The number of hydrogen-bond donors (Lipinski definition) is 2. The average molecular weight is 485 g/mol. The van der Waals surface area contributed by atoms with E-state index in [4.69, 9.17) is 19.3 Å². The van der Waals surface area contributed by atoms with Crippen molar-refractivity contribution in [2.45, 2.75) is 25.8 Å². The molecule has 0 fully saturated rings. The van der Waals surface area contributed by atoms with Gasteiger partial charge in [-0.3, -0.25) is 4.79 Å². The summed E-state index contributed by atoms with van der Waals surface area (Å²) in [6, 6.07) is 5.79. The zero-order chi connectivity index (χ0) is 25.1. The fourth-order valence-corrected chi connectivity index (χ4v) is 4.30. The van der Waals surface area contributed by atoms with Crippen molar-refractivity contribution in [3.8, 4) is 11.4 Å². The summed E-state index contributed by atoms with van der Waals surface area (Å²) in [5.74, 6) is -0.488. The number of carbonyl (C=O) groups excluding carboxylic acids is 2. The molecule has 0 saturated heterocycles. The van der Waals surface area contributed by atoms with Crippen LogP contribution >= 0.6 is 0 Å². The Bertz CT molecular complexity index is 1360. The quantitative estimate of drug-likeness (QED) is 0.344. The first kappa shape index (κ1) is 24.5. The number of nitrogens with zero attached hydrogens (tertiary/aromatic N) is 2. The molecule has 0 spiro atoms. The molecule has 0 saturated carbocycles. The van der Waals surface area contributed by atoms with Gasteiger partial charge in [0.05, 0.1) is 36.7 Å². The number of carbonyl (C=O) groups is 2. The fourth-order valence-electron chi connectivity index (χ4n) is 4.30. The third-order valence-electron chi connectivity index (χ3n) is 5.87. The van der Waals surface area contributed by atoms with E-state index in [9.17, 15) is 18.8 Å². The lowest BCUT2D eigenvalue weighted by molar-refractivity contribution is -0.116. The van der Waals surface area contributed by atoms with Gasteiger partial charge in [0, 0.05) is 48.9 Å². The van der Waals surface area contributed by atoms with Crippen molar-refractivity contribution in [2.75, 3.05) is 27.4 Å². The summed E-state index contributed by atoms with van der Waals surface area (Å²) in [6.45, 7) is -0.317. The number of hydrogen-bond acceptors (Lipinski definition) is 8. The summed E-state index contributed by atoms with van der Waals surface area (Å²) in [5.41, 5.74) is 2.81. The van der Waals surface area contributed by atoms with Gasteiger partial charge in [0.25, 0.3) is 5.56 Å². The highest BCUT2D eigenvalue weighted by Gasteiger charge is 2.30. The highest BCUT2D eigenvalue weighted by atomic mass is 19.1. The minimum absolute atomic E-state index is 0.0206. The summed E-state index contributed by atoms with van der Waals surface area (Å²) in [4.78, 5) is 41.7. The standard InChI is InChI=1S/C24H24FN3O7/c1-33-12-18-15(21(11-30)34-2)8-20-22-17(10-28(20)23(18)31)16(9-26-24(32)35-6-5-29)14-4-3-13(25)7-19(14)27-22/h3-4,7-8,11,21,29H,5-6,9-10,12H2,1-2H3,(H,26,32). The molecule has 2 N–H and O–H groups in total. The summed E-state index contributed by atoms with van der Waals surface area (Å²) in [6.07, 6.45) is -1.12. The van der Waals surface area contributed by atoms with Crippen LogP contribution < -0.4 is 10.9 Å². The minimum atomic E-state index is -0.983. The Balaban J connectivity index is 1.90. The summed E-state index contributed by atoms with van der Waals surface area (Å²) in [7, 11) is 2.81. The van der Waals surface area contributed by atoms with Crippen molar-refractivity contribution in [2.24, 2.45) is 0 Å². The van der Waals surface area contributed by atoms with Crippen LogP contribution in [0.25, 0.3) is 22.3 Å². The number of benzene rings is 1. The molecule has 1 unspecified atom stereocenters. The third kappa shape index (κ3) is 4.53. The van der Waals surface area contributed by atoms with Crippen LogP contribution in [-0.2, 0) is 38.7 Å². The summed E-state index contributed by atoms with van der Waals surface area (Å²) in [5, 5.41) is 12.1. The van der Waals surface area contributed by atoms with Crippen molar-refractivity contribution in [3.63, 3.8) is 0 Å². The van der Waals surface area contributed by atoms with Crippen LogP contribution in [0.2, 0.25) is 0 Å². The molecule has 1 aliphatic rings. The number of amides is 1. The van der Waals surface area contributed by atoms with Gasteiger partial charge < -0.3 is 34.0 Å². The van der Waals surface area contributed by atoms with E-state index in [1.165, 1.54) is 30.9 Å². The normalized spacial score (nSPS) is 12.8. The van der Waals surface area contributed by atoms with Crippen molar-refractivity contribution in [1.29, 1.82) is 0 Å². The van der Waals surface area contributed by atoms with Crippen molar-refractivity contribution in [1.82, 2.24) is 14.9 Å². The van der Waals surface area contributed by atoms with E-state index in [1.54, 1.807) is 12.1 Å². The number of ether oxygens (including phenoxy) is 3. The van der Waals surface area contributed by atoms with Crippen LogP contribution in [-0.4, -0.2) is 54.5 Å². The zero-order valence-corrected chi connectivity index (χ0v) is 19.2. The third-order valence-corrected chi connectivity index (χ3v) is 5.87. The molecule has 2 aromatic heterocycles. The molecule has 10 nitrogen and oxygen atoms in total. The largest absolute Gasteiger partial charge is 0.447 e. The van der Waals surface area contributed by atoms with E-state index in [0.29, 0.717) is 45.3 Å². The van der Waals surface area contributed by atoms with Crippen LogP contribution in [0.15, 0.2) is 29.1 Å². The number of fused-ring (bicyclic) bond motifs is 4. The number of aromatic nitrogens is 2. The highest BCUT2D eigenvalue weighted by Crippen LogP contribution is 2.37. The van der Waals surface area contributed by atoms with E-state index in [1.807, 2.05) is 0 Å². The predicted molar refractivity (Wildman–Crippen MR) is 122 cm³/mol. The Hall–Kier alpha value is -3.67. The van der Waals surface area contributed by atoms with Crippen molar-refractivity contribution >= 4 is 23.3 Å². The van der Waals surface area contributed by atoms with Gasteiger partial charge >= 0.3 is 6.09 Å². The second-order valence-electron chi connectivity index (χ2n) is 7.87. The van der Waals surface area contributed by atoms with Gasteiger partial charge in [0.2, 0.25) is 0 Å². The van der Waals surface area contributed by atoms with Crippen LogP contribution in [0.3, 0.4) is 0 Å². The summed E-state index contributed by atoms with van der Waals surface area (Å²) < 4.78 is 30.9. The predicted octanol–water partition coefficient (Wildman–Crippen LogP) is 1.82. The molecule has 3 heterocycles. The molecular formula is C24H24FN3O7. The molecular weight excluding hydrogens is 461 g/mol. The highest BCUT2D eigenvalue weighted by molar-refractivity contribution is 5.88. The lowest BCUT2D eigenvalue weighted by Crippen LogP contribution is -2.27. The molecule has 184 valence electrons. The maximum absolute atomic E-state index is 14.1. The van der Waals surface area contributed by atoms with Gasteiger partial charge in [-0.1, -0.05) is 0 Å². The van der Waals surface area contributed by atoms with E-state index in [2.05, 4.69) is 10.3 Å². The second-order valence-corrected chi connectivity index (χ2v) is 7.87. The van der Waals surface area contributed by atoms with Crippen LogP contribution in [0.4, 0.5) is 9.18 Å². The van der Waals surface area contributed by atoms with E-state index in [-0.39, 0.29) is 44.0 Å². The molecule has 0 aliphatic carbocycles. The molecule has 1 aromatic carbocycles. The zero-order valence-electron chi connectivity index (χ0n) is 19.2. The van der Waals surface area contributed by atoms with Crippen molar-refractivity contribution in [3.05, 3.63) is 62.7 Å². The molecule has 3 aromatic rings. The number of alkyl carbamates (subject to hydrolysis) is 1. The topological polar surface area (TPSA) is 129 Å². The van der Waals surface area contributed by atoms with Crippen LogP contribution in [0.1, 0.15) is 28.4 Å². The Morgan fingerprint density at radius 3 is 2.80 bits per heavy atom. The monoisotopic (exact) mass is 485 g/mol. The Labute approximate surface area is 199 Å². The average Bonchev–Trinajstić information content (AvgIpc) is 3.21. The number of aldehydes is 1. The summed E-state index contributed by atoms with van der Waals surface area (Å²) >= 11 is 0. The first-order chi connectivity index (χ1) is 16.9. The van der Waals surface area contributed by atoms with E-state index in [0.717, 1.165) is 0 Å². The van der Waals surface area contributed by atoms with Crippen LogP contribution in [0, 0.1) is 5.82 Å². The van der Waals surface area contributed by atoms with Gasteiger partial charge in [0.1, 0.15) is 18.5 Å². The lowest BCUT2D eigenvalue weighted by Gasteiger charge is -2.16. The molecule has 4 rings (SSSR count). The molecule has 0 radical (unpaired) electrons. The van der Waals surface area contributed by atoms with Gasteiger partial charge in [0.15, 0.2) is 6.29 Å². The minimum Gasteiger partial charge on any atom is -0.447 e. The van der Waals surface area contributed by atoms with Gasteiger partial charge in [-0.2, -0.15) is 0 Å². The molecule has 1 atom stereocenters. The number of rotatable bonds is 9. The number of aliphatic hydroxyl groups excluding tert-OH is 1. The molecule has 35 heavy (non-hydrogen) atoms. The SMILES string of the molecule is COCc1c(C(C=O)OC)cc2n(c1=O)Cc1c-2nc2cc(F)ccc2c1CNC(=O)OCCO. The second kappa shape index (κ2) is 10.3. The van der Waals surface area contributed by atoms with Gasteiger partial charge in [-0.15, -0.1) is 0 Å². The molecule has 1 aliphatic heterocycles. The lowest BCUT2D eigenvalue weighted by atomic mass is 9.99. The maximum Gasteiger partial charge on any atom is 0.407 e. The van der Waals surface area contributed by atoms with Crippen LogP contribution in [0.5, 0.6) is 0 Å². The number of nitrogens with one attached hydrogen (secondary N) is 1. The number of halogens is 1. The number of pyridine rings is 2. The first-order valence-corrected chi connectivity index (χ1v) is 10.8. The van der Waals surface area contributed by atoms with E-state index >= 15 is 0 Å². The Kier molecular flexibility index (Phi) is 7.20. The molecule has 11 heteroatoms. The molecule has 1 amide bonds. The van der Waals surface area contributed by atoms with E-state index < -0.39 is 18.0 Å². The van der Waals surface area contributed by atoms with Gasteiger partial charge in [-0.05, 0) is 23.8 Å². The fraction of sp³-hybridized carbons (Fsp3) is 0.333. The van der Waals surface area contributed by atoms with Gasteiger partial charge in [-0.25, -0.2) is 14.2 Å². The van der Waals surface area contributed by atoms with Crippen molar-refractivity contribution < 1.29 is 33.3 Å². The smallest absolute Gasteiger partial charge is 0.407 e. The Morgan fingerprint density at radius 2 is 2.11 bits per heavy atom. The number of methoxy groups -OCH3 is 2. The maximum atomic E-state index is 14.1.